The minimum absolute atomic E-state index is 0.425. The number of rotatable bonds is 7. The zero-order valence-corrected chi connectivity index (χ0v) is 9.53. The van der Waals surface area contributed by atoms with E-state index in [0.29, 0.717) is 5.38 Å². The van der Waals surface area contributed by atoms with Crippen molar-refractivity contribution in [2.45, 2.75) is 64.7 Å². The van der Waals surface area contributed by atoms with Crippen LogP contribution >= 0.6 is 11.6 Å². The molecule has 0 amide bonds. The molecular formula is C11H23Cl. The van der Waals surface area contributed by atoms with E-state index in [-0.39, 0.29) is 0 Å². The lowest BCUT2D eigenvalue weighted by Gasteiger charge is -2.12. The van der Waals surface area contributed by atoms with Gasteiger partial charge < -0.3 is 0 Å². The van der Waals surface area contributed by atoms with Gasteiger partial charge in [-0.3, -0.25) is 0 Å². The van der Waals surface area contributed by atoms with Crippen molar-refractivity contribution < 1.29 is 0 Å². The second kappa shape index (κ2) is 7.91. The molecule has 0 radical (unpaired) electrons. The molecule has 0 N–H and O–H groups in total. The quantitative estimate of drug-likeness (QED) is 0.515. The Morgan fingerprint density at radius 1 is 0.917 bits per heavy atom. The van der Waals surface area contributed by atoms with E-state index in [0.717, 1.165) is 5.92 Å². The van der Waals surface area contributed by atoms with Gasteiger partial charge in [-0.1, -0.05) is 40.0 Å². The van der Waals surface area contributed by atoms with Gasteiger partial charge in [0, 0.05) is 5.38 Å². The standard InChI is InChI=1S/C11H23Cl/c1-4-6-10(3)8-9-11(12)7-5-2/h10-11H,4-9H2,1-3H3. The summed E-state index contributed by atoms with van der Waals surface area (Å²) in [4.78, 5) is 0. The maximum atomic E-state index is 6.13. The highest BCUT2D eigenvalue weighted by Crippen LogP contribution is 2.18. The SMILES string of the molecule is CCCC(C)CCC(Cl)CCC. The molecule has 0 heterocycles. The van der Waals surface area contributed by atoms with Crippen molar-refractivity contribution in [2.24, 2.45) is 5.92 Å². The first kappa shape index (κ1) is 12.3. The summed E-state index contributed by atoms with van der Waals surface area (Å²) < 4.78 is 0. The molecule has 0 aromatic heterocycles. The molecule has 2 unspecified atom stereocenters. The monoisotopic (exact) mass is 190 g/mol. The molecule has 0 nitrogen and oxygen atoms in total. The second-order valence-corrected chi connectivity index (χ2v) is 4.47. The summed E-state index contributed by atoms with van der Waals surface area (Å²) in [5.74, 6) is 0.869. The summed E-state index contributed by atoms with van der Waals surface area (Å²) in [7, 11) is 0. The Balaban J connectivity index is 3.27. The van der Waals surface area contributed by atoms with E-state index in [4.69, 9.17) is 11.6 Å². The van der Waals surface area contributed by atoms with Crippen LogP contribution in [0.1, 0.15) is 59.3 Å². The van der Waals surface area contributed by atoms with Gasteiger partial charge in [-0.2, -0.15) is 0 Å². The van der Waals surface area contributed by atoms with E-state index >= 15 is 0 Å². The smallest absolute Gasteiger partial charge is 0.0336 e. The van der Waals surface area contributed by atoms with Crippen LogP contribution < -0.4 is 0 Å². The van der Waals surface area contributed by atoms with Crippen molar-refractivity contribution in [3.8, 4) is 0 Å². The second-order valence-electron chi connectivity index (χ2n) is 3.86. The van der Waals surface area contributed by atoms with E-state index in [9.17, 15) is 0 Å². The molecule has 0 aliphatic rings. The predicted molar refractivity (Wildman–Crippen MR) is 57.9 cm³/mol. The van der Waals surface area contributed by atoms with E-state index in [1.165, 1.54) is 38.5 Å². The van der Waals surface area contributed by atoms with Crippen LogP contribution in [0.15, 0.2) is 0 Å². The van der Waals surface area contributed by atoms with E-state index < -0.39 is 0 Å². The highest BCUT2D eigenvalue weighted by molar-refractivity contribution is 6.20. The van der Waals surface area contributed by atoms with Crippen LogP contribution in [0.3, 0.4) is 0 Å². The third kappa shape index (κ3) is 6.97. The molecule has 2 atom stereocenters. The normalized spacial score (nSPS) is 16.0. The Morgan fingerprint density at radius 2 is 1.50 bits per heavy atom. The van der Waals surface area contributed by atoms with Crippen molar-refractivity contribution in [1.29, 1.82) is 0 Å². The zero-order valence-electron chi connectivity index (χ0n) is 8.78. The Labute approximate surface area is 82.7 Å². The van der Waals surface area contributed by atoms with Crippen molar-refractivity contribution in [1.82, 2.24) is 0 Å². The van der Waals surface area contributed by atoms with Crippen LogP contribution in [0.4, 0.5) is 0 Å². The number of alkyl halides is 1. The lowest BCUT2D eigenvalue weighted by molar-refractivity contribution is 0.458. The first-order valence-corrected chi connectivity index (χ1v) is 5.78. The summed E-state index contributed by atoms with van der Waals surface area (Å²) in [5.41, 5.74) is 0. The fourth-order valence-corrected chi connectivity index (χ4v) is 1.90. The Morgan fingerprint density at radius 3 is 2.00 bits per heavy atom. The lowest BCUT2D eigenvalue weighted by Crippen LogP contribution is -2.02. The molecule has 12 heavy (non-hydrogen) atoms. The highest BCUT2D eigenvalue weighted by atomic mass is 35.5. The van der Waals surface area contributed by atoms with Gasteiger partial charge in [0.2, 0.25) is 0 Å². The van der Waals surface area contributed by atoms with Gasteiger partial charge in [0.05, 0.1) is 0 Å². The molecule has 0 bridgehead atoms. The van der Waals surface area contributed by atoms with E-state index in [1.54, 1.807) is 0 Å². The first-order chi connectivity index (χ1) is 5.70. The molecule has 0 rings (SSSR count). The minimum Gasteiger partial charge on any atom is -0.123 e. The molecule has 0 aliphatic carbocycles. The van der Waals surface area contributed by atoms with Crippen LogP contribution in [0.5, 0.6) is 0 Å². The molecule has 0 aliphatic heterocycles. The largest absolute Gasteiger partial charge is 0.123 e. The molecule has 1 heteroatoms. The maximum absolute atomic E-state index is 6.13. The van der Waals surface area contributed by atoms with Gasteiger partial charge in [0.15, 0.2) is 0 Å². The summed E-state index contributed by atoms with van der Waals surface area (Å²) in [5, 5.41) is 0.425. The van der Waals surface area contributed by atoms with Gasteiger partial charge in [0.1, 0.15) is 0 Å². The summed E-state index contributed by atoms with van der Waals surface area (Å²) >= 11 is 6.13. The Kier molecular flexibility index (Phi) is 8.11. The lowest BCUT2D eigenvalue weighted by atomic mass is 9.98. The summed E-state index contributed by atoms with van der Waals surface area (Å²) in [6.07, 6.45) is 7.58. The third-order valence-corrected chi connectivity index (χ3v) is 2.79. The number of halogens is 1. The topological polar surface area (TPSA) is 0 Å². The fourth-order valence-electron chi connectivity index (χ4n) is 1.56. The number of hydrogen-bond acceptors (Lipinski definition) is 0. The summed E-state index contributed by atoms with van der Waals surface area (Å²) in [6, 6.07) is 0. The van der Waals surface area contributed by atoms with Crippen LogP contribution in [0.2, 0.25) is 0 Å². The van der Waals surface area contributed by atoms with Crippen molar-refractivity contribution in [3.63, 3.8) is 0 Å². The first-order valence-electron chi connectivity index (χ1n) is 5.34. The maximum Gasteiger partial charge on any atom is 0.0336 e. The van der Waals surface area contributed by atoms with E-state index in [2.05, 4.69) is 20.8 Å². The molecule has 0 saturated carbocycles. The molecule has 0 aromatic carbocycles. The van der Waals surface area contributed by atoms with E-state index in [1.807, 2.05) is 0 Å². The molecule has 0 saturated heterocycles. The zero-order chi connectivity index (χ0) is 9.40. The molecule has 0 aromatic rings. The van der Waals surface area contributed by atoms with Gasteiger partial charge in [-0.05, 0) is 25.2 Å². The van der Waals surface area contributed by atoms with Gasteiger partial charge >= 0.3 is 0 Å². The molecule has 74 valence electrons. The Hall–Kier alpha value is 0.290. The fraction of sp³-hybridized carbons (Fsp3) is 1.00. The number of hydrogen-bond donors (Lipinski definition) is 0. The van der Waals surface area contributed by atoms with Gasteiger partial charge in [-0.25, -0.2) is 0 Å². The average molecular weight is 191 g/mol. The molecular weight excluding hydrogens is 168 g/mol. The predicted octanol–water partition coefficient (Wildman–Crippen LogP) is 4.61. The van der Waals surface area contributed by atoms with Gasteiger partial charge in [-0.15, -0.1) is 11.6 Å². The van der Waals surface area contributed by atoms with Crippen LogP contribution in [-0.2, 0) is 0 Å². The highest BCUT2D eigenvalue weighted by Gasteiger charge is 2.06. The van der Waals surface area contributed by atoms with Gasteiger partial charge in [0.25, 0.3) is 0 Å². The van der Waals surface area contributed by atoms with Crippen molar-refractivity contribution in [2.75, 3.05) is 0 Å². The van der Waals surface area contributed by atoms with Crippen LogP contribution in [0.25, 0.3) is 0 Å². The van der Waals surface area contributed by atoms with Crippen LogP contribution in [-0.4, -0.2) is 5.38 Å². The van der Waals surface area contributed by atoms with Crippen molar-refractivity contribution in [3.05, 3.63) is 0 Å². The minimum atomic E-state index is 0.425. The summed E-state index contributed by atoms with van der Waals surface area (Å²) in [6.45, 7) is 6.78. The Bertz CT molecular complexity index is 79.0. The average Bonchev–Trinajstić information content (AvgIpc) is 2.02. The van der Waals surface area contributed by atoms with Crippen molar-refractivity contribution >= 4 is 11.6 Å². The van der Waals surface area contributed by atoms with Crippen LogP contribution in [0, 0.1) is 5.92 Å². The molecule has 0 spiro atoms. The third-order valence-electron chi connectivity index (χ3n) is 2.36. The molecule has 0 fully saturated rings.